The monoisotopic (exact) mass is 806 g/mol. The zero-order valence-corrected chi connectivity index (χ0v) is 30.9. The number of pyridine rings is 1. The molecule has 0 radical (unpaired) electrons. The molecule has 2 heterocycles. The van der Waals surface area contributed by atoms with Crippen LogP contribution >= 0.6 is 11.8 Å². The number of carbonyl (C=O) groups is 2. The van der Waals surface area contributed by atoms with Crippen LogP contribution < -0.4 is 14.9 Å². The highest BCUT2D eigenvalue weighted by Gasteiger charge is 2.33. The van der Waals surface area contributed by atoms with E-state index in [4.69, 9.17) is 0 Å². The second kappa shape index (κ2) is 16.7. The minimum atomic E-state index is -4.73. The third-order valence-corrected chi connectivity index (χ3v) is 11.1. The number of alkyl halides is 3. The lowest BCUT2D eigenvalue weighted by atomic mass is 9.99. The molecule has 5 aromatic rings. The van der Waals surface area contributed by atoms with Crippen LogP contribution in [0.25, 0.3) is 11.1 Å². The number of rotatable bonds is 12. The van der Waals surface area contributed by atoms with E-state index in [2.05, 4.69) is 10.3 Å². The second-order valence-corrected chi connectivity index (χ2v) is 15.4. The molecule has 0 aliphatic carbocycles. The summed E-state index contributed by atoms with van der Waals surface area (Å²) in [5, 5.41) is 24.5. The van der Waals surface area contributed by atoms with Crippen LogP contribution in [-0.2, 0) is 16.2 Å². The van der Waals surface area contributed by atoms with Gasteiger partial charge in [0.15, 0.2) is 0 Å². The number of carbonyl (C=O) groups excluding carboxylic acids is 2. The van der Waals surface area contributed by atoms with Gasteiger partial charge in [-0.1, -0.05) is 18.2 Å². The number of hydrogen-bond acceptors (Lipinski definition) is 11. The van der Waals surface area contributed by atoms with Gasteiger partial charge in [0.25, 0.3) is 27.5 Å². The maximum atomic E-state index is 13.8. The van der Waals surface area contributed by atoms with E-state index in [9.17, 15) is 46.4 Å². The summed E-state index contributed by atoms with van der Waals surface area (Å²) in [5.41, 5.74) is -0.614. The summed E-state index contributed by atoms with van der Waals surface area (Å²) >= 11 is 1.55. The van der Waals surface area contributed by atoms with Gasteiger partial charge < -0.3 is 20.2 Å². The average Bonchev–Trinajstić information content (AvgIpc) is 3.19. The van der Waals surface area contributed by atoms with Crippen molar-refractivity contribution < 1.29 is 41.2 Å². The van der Waals surface area contributed by atoms with Gasteiger partial charge in [0.2, 0.25) is 0 Å². The van der Waals surface area contributed by atoms with Crippen LogP contribution in [0.1, 0.15) is 26.3 Å². The van der Waals surface area contributed by atoms with E-state index < -0.39 is 49.1 Å². The van der Waals surface area contributed by atoms with Gasteiger partial charge in [-0.15, -0.1) is 11.8 Å². The van der Waals surface area contributed by atoms with Gasteiger partial charge in [-0.25, -0.2) is 13.1 Å². The third-order valence-electron chi connectivity index (χ3n) is 8.76. The lowest BCUT2D eigenvalue weighted by molar-refractivity contribution is -0.384. The number of nitro benzene ring substituents is 1. The maximum absolute atomic E-state index is 13.8. The summed E-state index contributed by atoms with van der Waals surface area (Å²) in [4.78, 5) is 45.2. The van der Waals surface area contributed by atoms with Crippen molar-refractivity contribution in [2.75, 3.05) is 48.7 Å². The van der Waals surface area contributed by atoms with E-state index in [1.807, 2.05) is 40.0 Å². The molecule has 13 nitrogen and oxygen atoms in total. The first kappa shape index (κ1) is 39.6. The quantitative estimate of drug-likeness (QED) is 0.0532. The summed E-state index contributed by atoms with van der Waals surface area (Å²) in [5.74, 6) is -1.21. The van der Waals surface area contributed by atoms with Crippen molar-refractivity contribution in [3.05, 3.63) is 136 Å². The largest absolute Gasteiger partial charge is 0.506 e. The number of hydrogen-bond donors (Lipinski definition) is 3. The lowest BCUT2D eigenvalue weighted by Crippen LogP contribution is -2.48. The first-order chi connectivity index (χ1) is 26.7. The number of thioether (sulfide) groups is 1. The molecular formula is C38H33F3N6O7S2. The molecule has 0 saturated carbocycles. The Hall–Kier alpha value is -6.14. The SMILES string of the molecule is O=C(NS(=O)(=O)c1ccc(NCCSc2ccccc2)c([N+](=O)[O-])c1)c1ccc(N2CCN(C(=O)c3cc(-c4cncc(O)c4)cc(C(F)(F)F)c3)CC2)cc1. The Morgan fingerprint density at radius 1 is 0.875 bits per heavy atom. The van der Waals surface area contributed by atoms with Crippen LogP contribution in [0.4, 0.5) is 30.2 Å². The smallest absolute Gasteiger partial charge is 0.416 e. The number of benzene rings is 4. The van der Waals surface area contributed by atoms with E-state index in [0.717, 1.165) is 29.3 Å². The van der Waals surface area contributed by atoms with Crippen LogP contribution in [0.5, 0.6) is 5.75 Å². The zero-order chi connectivity index (χ0) is 40.0. The van der Waals surface area contributed by atoms with Gasteiger partial charge in [-0.3, -0.25) is 24.7 Å². The number of nitrogens with zero attached hydrogens (tertiary/aromatic N) is 4. The number of piperazine rings is 1. The minimum Gasteiger partial charge on any atom is -0.506 e. The van der Waals surface area contributed by atoms with Gasteiger partial charge in [0.1, 0.15) is 11.4 Å². The van der Waals surface area contributed by atoms with E-state index in [0.29, 0.717) is 31.1 Å². The van der Waals surface area contributed by atoms with Crippen LogP contribution in [0.15, 0.2) is 119 Å². The summed E-state index contributed by atoms with van der Waals surface area (Å²) in [6.45, 7) is 1.33. The fourth-order valence-corrected chi connectivity index (χ4v) is 7.71. The summed E-state index contributed by atoms with van der Waals surface area (Å²) < 4.78 is 69.5. The Morgan fingerprint density at radius 3 is 2.25 bits per heavy atom. The van der Waals surface area contributed by atoms with E-state index >= 15 is 0 Å². The molecule has 1 aliphatic heterocycles. The highest BCUT2D eigenvalue weighted by molar-refractivity contribution is 7.99. The van der Waals surface area contributed by atoms with Crippen LogP contribution in [0.2, 0.25) is 0 Å². The van der Waals surface area contributed by atoms with Crippen LogP contribution in [0, 0.1) is 10.1 Å². The second-order valence-electron chi connectivity index (χ2n) is 12.5. The highest BCUT2D eigenvalue weighted by atomic mass is 32.2. The molecule has 0 atom stereocenters. The maximum Gasteiger partial charge on any atom is 0.416 e. The van der Waals surface area contributed by atoms with E-state index in [1.165, 1.54) is 47.5 Å². The van der Waals surface area contributed by atoms with Crippen molar-refractivity contribution in [2.24, 2.45) is 0 Å². The normalized spacial score (nSPS) is 13.3. The molecule has 6 rings (SSSR count). The van der Waals surface area contributed by atoms with Crippen LogP contribution in [-0.4, -0.2) is 78.6 Å². The molecular weight excluding hydrogens is 774 g/mol. The molecule has 1 aliphatic rings. The topological polar surface area (TPSA) is 175 Å². The molecule has 0 unspecified atom stereocenters. The van der Waals surface area contributed by atoms with Crippen molar-refractivity contribution in [1.82, 2.24) is 14.6 Å². The van der Waals surface area contributed by atoms with Gasteiger partial charge in [0.05, 0.1) is 21.6 Å². The molecule has 56 heavy (non-hydrogen) atoms. The molecule has 4 aromatic carbocycles. The number of amides is 2. The molecule has 2 amide bonds. The van der Waals surface area contributed by atoms with Crippen molar-refractivity contribution in [3.63, 3.8) is 0 Å². The number of aromatic nitrogens is 1. The van der Waals surface area contributed by atoms with Gasteiger partial charge in [0, 0.05) is 78.0 Å². The molecule has 0 spiro atoms. The first-order valence-corrected chi connectivity index (χ1v) is 19.4. The summed E-state index contributed by atoms with van der Waals surface area (Å²) in [6, 6.07) is 23.1. The van der Waals surface area contributed by atoms with E-state index in [-0.39, 0.29) is 46.8 Å². The van der Waals surface area contributed by atoms with Gasteiger partial charge >= 0.3 is 6.18 Å². The summed E-state index contributed by atoms with van der Waals surface area (Å²) in [7, 11) is -4.50. The fraction of sp³-hybridized carbons (Fsp3) is 0.184. The molecule has 18 heteroatoms. The number of anilines is 2. The number of halogens is 3. The lowest BCUT2D eigenvalue weighted by Gasteiger charge is -2.36. The molecule has 0 bridgehead atoms. The Morgan fingerprint density at radius 2 is 1.59 bits per heavy atom. The number of nitrogens with one attached hydrogen (secondary N) is 2. The standard InChI is InChI=1S/C38H33F3N6O7S2/c39-38(40,41)29-19-26(28-21-31(48)24-42-23-28)18-27(20-29)37(50)46-15-13-45(14-16-46)30-8-6-25(7-9-30)36(49)44-56(53,54)33-10-11-34(35(22-33)47(51)52)43-12-17-55-32-4-2-1-3-5-32/h1-11,18-24,43,48H,12-17H2,(H,44,49). The number of nitro groups is 1. The number of sulfonamides is 1. The van der Waals surface area contributed by atoms with Crippen molar-refractivity contribution in [2.45, 2.75) is 16.0 Å². The van der Waals surface area contributed by atoms with Crippen molar-refractivity contribution >= 4 is 50.7 Å². The average molecular weight is 807 g/mol. The highest BCUT2D eigenvalue weighted by Crippen LogP contribution is 2.35. The molecule has 1 saturated heterocycles. The number of aromatic hydroxyl groups is 1. The Labute approximate surface area is 323 Å². The zero-order valence-electron chi connectivity index (χ0n) is 29.3. The third kappa shape index (κ3) is 9.56. The molecule has 1 fully saturated rings. The Balaban J connectivity index is 1.06. The van der Waals surface area contributed by atoms with Gasteiger partial charge in [-0.05, 0) is 78.4 Å². The van der Waals surface area contributed by atoms with Crippen molar-refractivity contribution in [3.8, 4) is 16.9 Å². The minimum absolute atomic E-state index is 0.00266. The van der Waals surface area contributed by atoms with Gasteiger partial charge in [-0.2, -0.15) is 13.2 Å². The predicted molar refractivity (Wildman–Crippen MR) is 204 cm³/mol. The molecule has 3 N–H and O–H groups in total. The predicted octanol–water partition coefficient (Wildman–Crippen LogP) is 6.67. The Bertz CT molecular complexity index is 2360. The Kier molecular flexibility index (Phi) is 11.8. The van der Waals surface area contributed by atoms with E-state index in [1.54, 1.807) is 23.9 Å². The molecule has 290 valence electrons. The first-order valence-electron chi connectivity index (χ1n) is 17.0. The van der Waals surface area contributed by atoms with Crippen molar-refractivity contribution in [1.29, 1.82) is 0 Å². The summed E-state index contributed by atoms with van der Waals surface area (Å²) in [6.07, 6.45) is -2.30. The fourth-order valence-electron chi connectivity index (χ4n) is 5.93. The molecule has 1 aromatic heterocycles. The van der Waals surface area contributed by atoms with Crippen LogP contribution in [0.3, 0.4) is 0 Å².